The Bertz CT molecular complexity index is 386. The van der Waals surface area contributed by atoms with E-state index in [0.29, 0.717) is 24.1 Å². The fourth-order valence-corrected chi connectivity index (χ4v) is 4.71. The molecule has 2 aliphatic rings. The molecule has 0 aromatic heterocycles. The summed E-state index contributed by atoms with van der Waals surface area (Å²) in [5.41, 5.74) is 0. The van der Waals surface area contributed by atoms with Crippen molar-refractivity contribution < 1.29 is 9.59 Å². The molecule has 3 nitrogen and oxygen atoms in total. The summed E-state index contributed by atoms with van der Waals surface area (Å²) in [6.45, 7) is 9.42. The van der Waals surface area contributed by atoms with Crippen LogP contribution in [0.4, 0.5) is 0 Å². The second-order valence-corrected chi connectivity index (χ2v) is 9.03. The molecule has 2 fully saturated rings. The van der Waals surface area contributed by atoms with E-state index in [1.165, 1.54) is 25.7 Å². The van der Waals surface area contributed by atoms with Gasteiger partial charge in [-0.15, -0.1) is 11.8 Å². The molecule has 120 valence electrons. The normalized spacial score (nSPS) is 30.8. The van der Waals surface area contributed by atoms with Crippen molar-refractivity contribution in [3.8, 4) is 0 Å². The SMILES string of the molecule is CC(C)SC1CC(=O)N(C[C@H]2CC[C@H](C(C)C)CC2)C1=O. The van der Waals surface area contributed by atoms with E-state index in [9.17, 15) is 9.59 Å². The molecule has 1 heterocycles. The van der Waals surface area contributed by atoms with Crippen LogP contribution in [0, 0.1) is 17.8 Å². The Morgan fingerprint density at radius 1 is 1.10 bits per heavy atom. The number of imide groups is 1. The zero-order chi connectivity index (χ0) is 15.6. The van der Waals surface area contributed by atoms with Crippen molar-refractivity contribution >= 4 is 23.6 Å². The van der Waals surface area contributed by atoms with Gasteiger partial charge in [-0.2, -0.15) is 0 Å². The topological polar surface area (TPSA) is 37.4 Å². The van der Waals surface area contributed by atoms with Crippen molar-refractivity contribution in [3.05, 3.63) is 0 Å². The lowest BCUT2D eigenvalue weighted by molar-refractivity contribution is -0.139. The van der Waals surface area contributed by atoms with Crippen molar-refractivity contribution in [3.63, 3.8) is 0 Å². The maximum Gasteiger partial charge on any atom is 0.242 e. The largest absolute Gasteiger partial charge is 0.281 e. The second-order valence-electron chi connectivity index (χ2n) is 7.25. The third-order valence-corrected chi connectivity index (χ3v) is 6.16. The predicted octanol–water partition coefficient (Wildman–Crippen LogP) is 3.72. The van der Waals surface area contributed by atoms with Crippen LogP contribution in [-0.2, 0) is 9.59 Å². The zero-order valence-corrected chi connectivity index (χ0v) is 14.6. The average molecular weight is 311 g/mol. The lowest BCUT2D eigenvalue weighted by Gasteiger charge is -2.32. The molecule has 0 aromatic carbocycles. The number of rotatable bonds is 5. The smallest absolute Gasteiger partial charge is 0.242 e. The van der Waals surface area contributed by atoms with Crippen LogP contribution >= 0.6 is 11.8 Å². The average Bonchev–Trinajstić information content (AvgIpc) is 2.66. The number of carbonyl (C=O) groups excluding carboxylic acids is 2. The maximum atomic E-state index is 12.4. The molecule has 0 N–H and O–H groups in total. The van der Waals surface area contributed by atoms with Crippen LogP contribution in [0.5, 0.6) is 0 Å². The Labute approximate surface area is 133 Å². The van der Waals surface area contributed by atoms with Gasteiger partial charge in [-0.25, -0.2) is 0 Å². The van der Waals surface area contributed by atoms with E-state index >= 15 is 0 Å². The lowest BCUT2D eigenvalue weighted by Crippen LogP contribution is -2.37. The van der Waals surface area contributed by atoms with Gasteiger partial charge in [0, 0.05) is 13.0 Å². The van der Waals surface area contributed by atoms with E-state index < -0.39 is 0 Å². The van der Waals surface area contributed by atoms with Crippen molar-refractivity contribution in [2.24, 2.45) is 17.8 Å². The summed E-state index contributed by atoms with van der Waals surface area (Å²) >= 11 is 1.63. The first-order chi connectivity index (χ1) is 9.88. The summed E-state index contributed by atoms with van der Waals surface area (Å²) in [7, 11) is 0. The van der Waals surface area contributed by atoms with Crippen LogP contribution in [0.25, 0.3) is 0 Å². The van der Waals surface area contributed by atoms with Crippen molar-refractivity contribution in [2.75, 3.05) is 6.54 Å². The molecule has 1 unspecified atom stereocenters. The molecule has 2 amide bonds. The molecule has 21 heavy (non-hydrogen) atoms. The van der Waals surface area contributed by atoms with Crippen LogP contribution in [0.2, 0.25) is 0 Å². The quantitative estimate of drug-likeness (QED) is 0.726. The summed E-state index contributed by atoms with van der Waals surface area (Å²) in [6.07, 6.45) is 5.25. The Hall–Kier alpha value is -0.510. The Morgan fingerprint density at radius 3 is 2.24 bits per heavy atom. The van der Waals surface area contributed by atoms with Gasteiger partial charge in [-0.3, -0.25) is 14.5 Å². The number of likely N-dealkylation sites (tertiary alicyclic amines) is 1. The first kappa shape index (κ1) is 16.9. The maximum absolute atomic E-state index is 12.4. The number of thioether (sulfide) groups is 1. The van der Waals surface area contributed by atoms with E-state index in [4.69, 9.17) is 0 Å². The van der Waals surface area contributed by atoms with Crippen LogP contribution in [0.15, 0.2) is 0 Å². The summed E-state index contributed by atoms with van der Waals surface area (Å²) < 4.78 is 0. The monoisotopic (exact) mass is 311 g/mol. The van der Waals surface area contributed by atoms with Gasteiger partial charge in [-0.1, -0.05) is 27.7 Å². The molecular weight excluding hydrogens is 282 g/mol. The van der Waals surface area contributed by atoms with Crippen LogP contribution in [-0.4, -0.2) is 33.8 Å². The van der Waals surface area contributed by atoms with Gasteiger partial charge in [-0.05, 0) is 48.7 Å². The Kier molecular flexibility index (Phi) is 5.75. The van der Waals surface area contributed by atoms with E-state index in [2.05, 4.69) is 27.7 Å². The minimum absolute atomic E-state index is 0.0455. The standard InChI is InChI=1S/C17H29NO2S/c1-11(2)14-7-5-13(6-8-14)10-18-16(19)9-15(17(18)20)21-12(3)4/h11-15H,5-10H2,1-4H3/t13-,14-,15?. The van der Waals surface area contributed by atoms with Crippen LogP contribution < -0.4 is 0 Å². The fourth-order valence-electron chi connectivity index (χ4n) is 3.58. The molecular formula is C17H29NO2S. The van der Waals surface area contributed by atoms with Crippen molar-refractivity contribution in [1.82, 2.24) is 4.90 Å². The van der Waals surface area contributed by atoms with E-state index in [1.807, 2.05) is 0 Å². The summed E-state index contributed by atoms with van der Waals surface area (Å²) in [4.78, 5) is 26.1. The molecule has 1 saturated carbocycles. The molecule has 0 aromatic rings. The minimum Gasteiger partial charge on any atom is -0.281 e. The van der Waals surface area contributed by atoms with E-state index in [1.54, 1.807) is 16.7 Å². The molecule has 1 saturated heterocycles. The molecule has 0 radical (unpaired) electrons. The molecule has 0 bridgehead atoms. The fraction of sp³-hybridized carbons (Fsp3) is 0.882. The Morgan fingerprint density at radius 2 is 1.71 bits per heavy atom. The first-order valence-corrected chi connectivity index (χ1v) is 9.32. The van der Waals surface area contributed by atoms with Gasteiger partial charge in [0.2, 0.25) is 11.8 Å². The highest BCUT2D eigenvalue weighted by Crippen LogP contribution is 2.35. The third-order valence-electron chi connectivity index (χ3n) is 4.91. The van der Waals surface area contributed by atoms with Crippen LogP contribution in [0.1, 0.15) is 59.8 Å². The van der Waals surface area contributed by atoms with Gasteiger partial charge in [0.15, 0.2) is 0 Å². The number of hydrogen-bond donors (Lipinski definition) is 0. The molecule has 1 aliphatic carbocycles. The lowest BCUT2D eigenvalue weighted by atomic mass is 9.77. The van der Waals surface area contributed by atoms with Gasteiger partial charge >= 0.3 is 0 Å². The van der Waals surface area contributed by atoms with Gasteiger partial charge < -0.3 is 0 Å². The molecule has 2 rings (SSSR count). The molecule has 4 heteroatoms. The first-order valence-electron chi connectivity index (χ1n) is 8.38. The van der Waals surface area contributed by atoms with Crippen molar-refractivity contribution in [2.45, 2.75) is 70.3 Å². The number of nitrogens with zero attached hydrogens (tertiary/aromatic N) is 1. The number of carbonyl (C=O) groups is 2. The van der Waals surface area contributed by atoms with Gasteiger partial charge in [0.25, 0.3) is 0 Å². The summed E-state index contributed by atoms with van der Waals surface area (Å²) in [5, 5.41) is 0.262. The van der Waals surface area contributed by atoms with E-state index in [-0.39, 0.29) is 17.1 Å². The number of amides is 2. The second kappa shape index (κ2) is 7.17. The van der Waals surface area contributed by atoms with Gasteiger partial charge in [0.05, 0.1) is 5.25 Å². The highest BCUT2D eigenvalue weighted by molar-refractivity contribution is 8.01. The minimum atomic E-state index is -0.135. The van der Waals surface area contributed by atoms with Gasteiger partial charge in [0.1, 0.15) is 0 Å². The molecule has 1 atom stereocenters. The molecule has 0 spiro atoms. The molecule has 1 aliphatic heterocycles. The van der Waals surface area contributed by atoms with Crippen LogP contribution in [0.3, 0.4) is 0 Å². The Balaban J connectivity index is 1.86. The highest BCUT2D eigenvalue weighted by Gasteiger charge is 2.40. The third kappa shape index (κ3) is 4.24. The highest BCUT2D eigenvalue weighted by atomic mass is 32.2. The van der Waals surface area contributed by atoms with E-state index in [0.717, 1.165) is 11.8 Å². The summed E-state index contributed by atoms with van der Waals surface area (Å²) in [5.74, 6) is 2.22. The predicted molar refractivity (Wildman–Crippen MR) is 88.1 cm³/mol. The van der Waals surface area contributed by atoms with Crippen molar-refractivity contribution in [1.29, 1.82) is 0 Å². The summed E-state index contributed by atoms with van der Waals surface area (Å²) in [6, 6.07) is 0. The number of hydrogen-bond acceptors (Lipinski definition) is 3. The zero-order valence-electron chi connectivity index (χ0n) is 13.8.